The highest BCUT2D eigenvalue weighted by molar-refractivity contribution is 9.10. The van der Waals surface area contributed by atoms with Gasteiger partial charge in [-0.3, -0.25) is 0 Å². The number of aromatic nitrogens is 3. The number of halogens is 3. The van der Waals surface area contributed by atoms with Gasteiger partial charge in [-0.1, -0.05) is 63.1 Å². The van der Waals surface area contributed by atoms with Crippen LogP contribution in [0.3, 0.4) is 0 Å². The standard InChI is InChI=1S/C17H10Br2ClN3S/c18-12-5-3-11(4-6-12)15-16(19)23-17(21-15)24-14(22-23)9-10-1-7-13(20)8-2-10/h1-8H,9H2. The number of hydrogen-bond donors (Lipinski definition) is 0. The van der Waals surface area contributed by atoms with E-state index in [1.807, 2.05) is 53.0 Å². The average molecular weight is 484 g/mol. The van der Waals surface area contributed by atoms with Crippen LogP contribution in [0.4, 0.5) is 0 Å². The van der Waals surface area contributed by atoms with Crippen LogP contribution in [0.5, 0.6) is 0 Å². The Hall–Kier alpha value is -1.21. The molecule has 3 nitrogen and oxygen atoms in total. The molecule has 0 fully saturated rings. The van der Waals surface area contributed by atoms with Gasteiger partial charge in [0.25, 0.3) is 0 Å². The van der Waals surface area contributed by atoms with Crippen LogP contribution in [0.15, 0.2) is 57.6 Å². The molecule has 0 unspecified atom stereocenters. The molecule has 2 aromatic heterocycles. The Balaban J connectivity index is 1.67. The summed E-state index contributed by atoms with van der Waals surface area (Å²) in [5.41, 5.74) is 3.14. The fourth-order valence-corrected chi connectivity index (χ4v) is 4.40. The molecule has 0 atom stereocenters. The van der Waals surface area contributed by atoms with Crippen LogP contribution in [0.25, 0.3) is 16.2 Å². The lowest BCUT2D eigenvalue weighted by Crippen LogP contribution is -1.91. The molecule has 0 aliphatic heterocycles. The second kappa shape index (κ2) is 6.59. The van der Waals surface area contributed by atoms with Gasteiger partial charge in [0.15, 0.2) is 0 Å². The summed E-state index contributed by atoms with van der Waals surface area (Å²) in [4.78, 5) is 5.60. The summed E-state index contributed by atoms with van der Waals surface area (Å²) >= 11 is 14.6. The number of imidazole rings is 1. The molecule has 7 heteroatoms. The predicted molar refractivity (Wildman–Crippen MR) is 106 cm³/mol. The summed E-state index contributed by atoms with van der Waals surface area (Å²) in [6.45, 7) is 0. The van der Waals surface area contributed by atoms with E-state index in [0.29, 0.717) is 0 Å². The Morgan fingerprint density at radius 1 is 1.00 bits per heavy atom. The highest BCUT2D eigenvalue weighted by atomic mass is 79.9. The number of rotatable bonds is 3. The van der Waals surface area contributed by atoms with Crippen molar-refractivity contribution in [1.82, 2.24) is 14.6 Å². The van der Waals surface area contributed by atoms with Crippen LogP contribution >= 0.6 is 54.8 Å². The van der Waals surface area contributed by atoms with Gasteiger partial charge in [0.05, 0.1) is 0 Å². The molecule has 0 bridgehead atoms. The maximum Gasteiger partial charge on any atom is 0.213 e. The lowest BCUT2D eigenvalue weighted by molar-refractivity contribution is 0.904. The third-order valence-corrected chi connectivity index (χ3v) is 5.98. The van der Waals surface area contributed by atoms with E-state index in [1.54, 1.807) is 11.3 Å². The molecule has 4 rings (SSSR count). The van der Waals surface area contributed by atoms with E-state index in [1.165, 1.54) is 5.56 Å². The monoisotopic (exact) mass is 481 g/mol. The van der Waals surface area contributed by atoms with Crippen LogP contribution in [0.1, 0.15) is 10.6 Å². The molecule has 2 aromatic carbocycles. The van der Waals surface area contributed by atoms with E-state index in [-0.39, 0.29) is 0 Å². The molecule has 0 spiro atoms. The molecular formula is C17H10Br2ClN3S. The first kappa shape index (κ1) is 16.3. The zero-order valence-corrected chi connectivity index (χ0v) is 17.0. The quantitative estimate of drug-likeness (QED) is 0.346. The van der Waals surface area contributed by atoms with Crippen molar-refractivity contribution in [2.24, 2.45) is 0 Å². The first-order chi connectivity index (χ1) is 11.6. The second-order valence-corrected chi connectivity index (χ2v) is 8.40. The lowest BCUT2D eigenvalue weighted by Gasteiger charge is -1.99. The third kappa shape index (κ3) is 3.16. The van der Waals surface area contributed by atoms with Gasteiger partial charge in [-0.15, -0.1) is 0 Å². The zero-order chi connectivity index (χ0) is 16.7. The van der Waals surface area contributed by atoms with Crippen molar-refractivity contribution in [2.75, 3.05) is 0 Å². The predicted octanol–water partition coefficient (Wildman–Crippen LogP) is 6.23. The normalized spacial score (nSPS) is 11.3. The summed E-state index contributed by atoms with van der Waals surface area (Å²) in [6, 6.07) is 15.9. The fraction of sp³-hybridized carbons (Fsp3) is 0.0588. The summed E-state index contributed by atoms with van der Waals surface area (Å²) < 4.78 is 3.78. The average Bonchev–Trinajstić information content (AvgIpc) is 3.10. The largest absolute Gasteiger partial charge is 0.216 e. The van der Waals surface area contributed by atoms with Crippen LogP contribution < -0.4 is 0 Å². The number of hydrogen-bond acceptors (Lipinski definition) is 3. The topological polar surface area (TPSA) is 30.2 Å². The van der Waals surface area contributed by atoms with E-state index in [9.17, 15) is 0 Å². The molecule has 24 heavy (non-hydrogen) atoms. The van der Waals surface area contributed by atoms with Crippen molar-refractivity contribution in [3.63, 3.8) is 0 Å². The summed E-state index contributed by atoms with van der Waals surface area (Å²) in [5.74, 6) is 0. The first-order valence-electron chi connectivity index (χ1n) is 7.14. The van der Waals surface area contributed by atoms with Gasteiger partial charge >= 0.3 is 0 Å². The molecular weight excluding hydrogens is 474 g/mol. The van der Waals surface area contributed by atoms with Crippen LogP contribution in [0.2, 0.25) is 5.02 Å². The minimum absolute atomic E-state index is 0.745. The first-order valence-corrected chi connectivity index (χ1v) is 9.92. The molecule has 4 aromatic rings. The zero-order valence-electron chi connectivity index (χ0n) is 12.2. The van der Waals surface area contributed by atoms with Gasteiger partial charge in [-0.25, -0.2) is 4.98 Å². The van der Waals surface area contributed by atoms with E-state index in [4.69, 9.17) is 16.6 Å². The van der Waals surface area contributed by atoms with E-state index in [2.05, 4.69) is 37.0 Å². The minimum Gasteiger partial charge on any atom is -0.216 e. The molecule has 0 aliphatic carbocycles. The molecule has 0 amide bonds. The number of nitrogens with zero attached hydrogens (tertiary/aromatic N) is 3. The Labute approximate surface area is 164 Å². The van der Waals surface area contributed by atoms with E-state index < -0.39 is 0 Å². The maximum atomic E-state index is 5.93. The van der Waals surface area contributed by atoms with Crippen LogP contribution in [-0.2, 0) is 6.42 Å². The Morgan fingerprint density at radius 2 is 1.71 bits per heavy atom. The smallest absolute Gasteiger partial charge is 0.213 e. The van der Waals surface area contributed by atoms with Crippen molar-refractivity contribution in [1.29, 1.82) is 0 Å². The van der Waals surface area contributed by atoms with Crippen molar-refractivity contribution in [2.45, 2.75) is 6.42 Å². The Morgan fingerprint density at radius 3 is 2.38 bits per heavy atom. The minimum atomic E-state index is 0.745. The number of benzene rings is 2. The summed E-state index contributed by atoms with van der Waals surface area (Å²) in [6.07, 6.45) is 0.769. The van der Waals surface area contributed by atoms with Gasteiger partial charge in [0, 0.05) is 21.5 Å². The highest BCUT2D eigenvalue weighted by Gasteiger charge is 2.16. The van der Waals surface area contributed by atoms with Gasteiger partial charge in [0.2, 0.25) is 4.96 Å². The van der Waals surface area contributed by atoms with Crippen molar-refractivity contribution >= 4 is 59.8 Å². The van der Waals surface area contributed by atoms with E-state index in [0.717, 1.165) is 41.7 Å². The van der Waals surface area contributed by atoms with Gasteiger partial charge in [0.1, 0.15) is 15.3 Å². The SMILES string of the molecule is Clc1ccc(Cc2nn3c(Br)c(-c4ccc(Br)cc4)nc3s2)cc1. The highest BCUT2D eigenvalue weighted by Crippen LogP contribution is 2.32. The molecule has 0 N–H and O–H groups in total. The third-order valence-electron chi connectivity index (χ3n) is 3.58. The molecule has 0 radical (unpaired) electrons. The second-order valence-electron chi connectivity index (χ2n) is 5.25. The summed E-state index contributed by atoms with van der Waals surface area (Å²) in [5, 5.41) is 6.44. The molecule has 0 saturated carbocycles. The molecule has 0 saturated heterocycles. The van der Waals surface area contributed by atoms with Gasteiger partial charge in [-0.2, -0.15) is 9.61 Å². The van der Waals surface area contributed by atoms with Gasteiger partial charge < -0.3 is 0 Å². The van der Waals surface area contributed by atoms with E-state index >= 15 is 0 Å². The van der Waals surface area contributed by atoms with Gasteiger partial charge in [-0.05, 0) is 45.8 Å². The number of fused-ring (bicyclic) bond motifs is 1. The van der Waals surface area contributed by atoms with Crippen molar-refractivity contribution in [3.05, 3.63) is 73.2 Å². The van der Waals surface area contributed by atoms with Crippen molar-refractivity contribution < 1.29 is 0 Å². The molecule has 0 aliphatic rings. The van der Waals surface area contributed by atoms with Crippen molar-refractivity contribution in [3.8, 4) is 11.3 Å². The maximum absolute atomic E-state index is 5.93. The summed E-state index contributed by atoms with van der Waals surface area (Å²) in [7, 11) is 0. The molecule has 2 heterocycles. The Kier molecular flexibility index (Phi) is 4.47. The Bertz CT molecular complexity index is 1010. The molecule has 120 valence electrons. The fourth-order valence-electron chi connectivity index (χ4n) is 2.40. The van der Waals surface area contributed by atoms with Crippen LogP contribution in [-0.4, -0.2) is 14.6 Å². The van der Waals surface area contributed by atoms with Crippen LogP contribution in [0, 0.1) is 0 Å². The lowest BCUT2D eigenvalue weighted by atomic mass is 10.2.